The fourth-order valence-electron chi connectivity index (χ4n) is 2.68. The lowest BCUT2D eigenvalue weighted by Crippen LogP contribution is -2.40. The summed E-state index contributed by atoms with van der Waals surface area (Å²) in [6.07, 6.45) is 5.57. The Labute approximate surface area is 145 Å². The third-order valence-electron chi connectivity index (χ3n) is 4.22. The molecule has 1 aliphatic rings. The van der Waals surface area contributed by atoms with Crippen molar-refractivity contribution in [2.45, 2.75) is 29.2 Å². The number of halogens is 2. The maximum absolute atomic E-state index is 13.5. The van der Waals surface area contributed by atoms with Crippen LogP contribution >= 0.6 is 22.6 Å². The Balaban J connectivity index is 2.09. The molecule has 7 heteroatoms. The summed E-state index contributed by atoms with van der Waals surface area (Å²) in [5, 5.41) is 0. The Bertz CT molecular complexity index is 844. The molecule has 1 unspecified atom stereocenters. The van der Waals surface area contributed by atoms with Gasteiger partial charge in [-0.2, -0.15) is 0 Å². The number of hydrogen-bond donors (Lipinski definition) is 2. The molecule has 0 amide bonds. The summed E-state index contributed by atoms with van der Waals surface area (Å²) in [4.78, 5) is 25.9. The number of aromatic nitrogens is 2. The number of anilines is 1. The van der Waals surface area contributed by atoms with E-state index in [0.717, 1.165) is 12.0 Å². The van der Waals surface area contributed by atoms with Gasteiger partial charge < -0.3 is 5.73 Å². The molecule has 23 heavy (non-hydrogen) atoms. The largest absolute Gasteiger partial charge is 0.396 e. The van der Waals surface area contributed by atoms with Gasteiger partial charge >= 0.3 is 5.69 Å². The van der Waals surface area contributed by atoms with Crippen LogP contribution in [0.25, 0.3) is 0 Å². The molecule has 1 saturated carbocycles. The molecule has 1 heterocycles. The molecule has 0 spiro atoms. The van der Waals surface area contributed by atoms with Gasteiger partial charge in [0.1, 0.15) is 9.36 Å². The molecule has 5 nitrogen and oxygen atoms in total. The van der Waals surface area contributed by atoms with Crippen molar-refractivity contribution in [3.8, 4) is 0 Å². The van der Waals surface area contributed by atoms with Crippen LogP contribution in [0.15, 0.2) is 40.1 Å². The van der Waals surface area contributed by atoms with E-state index in [-0.39, 0.29) is 5.69 Å². The average molecular weight is 429 g/mol. The highest BCUT2D eigenvalue weighted by molar-refractivity contribution is 14.1. The number of nitrogen functional groups attached to an aromatic ring is 1. The number of H-pyrrole nitrogens is 1. The van der Waals surface area contributed by atoms with Crippen molar-refractivity contribution in [2.75, 3.05) is 5.73 Å². The second-order valence-corrected chi connectivity index (χ2v) is 7.74. The second kappa shape index (κ2) is 6.10. The van der Waals surface area contributed by atoms with Gasteiger partial charge in [-0.05, 0) is 59.0 Å². The van der Waals surface area contributed by atoms with Gasteiger partial charge in [-0.15, -0.1) is 0 Å². The first-order valence-corrected chi connectivity index (χ1v) is 8.55. The Kier molecular flexibility index (Phi) is 4.31. The number of aromatic amines is 1. The monoisotopic (exact) mass is 429 g/mol. The van der Waals surface area contributed by atoms with Crippen molar-refractivity contribution in [1.82, 2.24) is 9.55 Å². The van der Waals surface area contributed by atoms with E-state index >= 15 is 0 Å². The van der Waals surface area contributed by atoms with E-state index in [0.29, 0.717) is 12.3 Å². The molecule has 2 aromatic rings. The number of alkyl halides is 1. The molecule has 0 bridgehead atoms. The molecule has 0 radical (unpaired) electrons. The zero-order valence-corrected chi connectivity index (χ0v) is 14.5. The van der Waals surface area contributed by atoms with Gasteiger partial charge in [0.25, 0.3) is 5.56 Å². The minimum Gasteiger partial charge on any atom is -0.396 e. The smallest absolute Gasteiger partial charge is 0.329 e. The standard InChI is InChI=1S/C16H17FIN3O2/c17-12-4-3-11(9-13(12)19)16(18,7-5-10-1-2-10)21-8-6-14(22)20-15(21)23/h3-4,6,8-10H,1-2,5,7,19H2,(H,20,22,23). The zero-order chi connectivity index (χ0) is 16.6. The normalized spacial score (nSPS) is 17.0. The van der Waals surface area contributed by atoms with Crippen LogP contribution in [0.3, 0.4) is 0 Å². The molecule has 1 fully saturated rings. The summed E-state index contributed by atoms with van der Waals surface area (Å²) >= 11 is 2.20. The Morgan fingerprint density at radius 1 is 1.35 bits per heavy atom. The lowest BCUT2D eigenvalue weighted by molar-refractivity contribution is 0.457. The Hall–Kier alpha value is -1.64. The Morgan fingerprint density at radius 2 is 2.09 bits per heavy atom. The van der Waals surface area contributed by atoms with Crippen molar-refractivity contribution in [3.05, 3.63) is 62.7 Å². The number of nitrogens with zero attached hydrogens (tertiary/aromatic N) is 1. The lowest BCUT2D eigenvalue weighted by Gasteiger charge is -2.30. The first-order valence-electron chi connectivity index (χ1n) is 7.47. The highest BCUT2D eigenvalue weighted by atomic mass is 127. The maximum atomic E-state index is 13.5. The molecule has 1 atom stereocenters. The van der Waals surface area contributed by atoms with Gasteiger partial charge in [-0.3, -0.25) is 14.3 Å². The molecule has 1 aliphatic carbocycles. The third kappa shape index (κ3) is 3.34. The number of benzene rings is 1. The quantitative estimate of drug-likeness (QED) is 0.436. The second-order valence-electron chi connectivity index (χ2n) is 5.96. The lowest BCUT2D eigenvalue weighted by atomic mass is 9.99. The molecule has 0 aliphatic heterocycles. The van der Waals surface area contributed by atoms with Gasteiger partial charge in [0, 0.05) is 12.3 Å². The first kappa shape index (κ1) is 16.2. The fraction of sp³-hybridized carbons (Fsp3) is 0.375. The third-order valence-corrected chi connectivity index (χ3v) is 5.91. The Morgan fingerprint density at radius 3 is 2.70 bits per heavy atom. The van der Waals surface area contributed by atoms with Crippen LogP contribution in [0, 0.1) is 11.7 Å². The highest BCUT2D eigenvalue weighted by Crippen LogP contribution is 2.43. The van der Waals surface area contributed by atoms with E-state index in [1.807, 2.05) is 0 Å². The molecule has 122 valence electrons. The molecule has 3 rings (SSSR count). The number of hydrogen-bond acceptors (Lipinski definition) is 3. The highest BCUT2D eigenvalue weighted by Gasteiger charge is 2.35. The summed E-state index contributed by atoms with van der Waals surface area (Å²) in [6.45, 7) is 0. The van der Waals surface area contributed by atoms with Crippen LogP contribution in [0.4, 0.5) is 10.1 Å². The fourth-order valence-corrected chi connectivity index (χ4v) is 3.71. The molecule has 0 saturated heterocycles. The number of rotatable bonds is 5. The number of nitrogens with two attached hydrogens (primary N) is 1. The van der Waals surface area contributed by atoms with E-state index in [2.05, 4.69) is 27.6 Å². The topological polar surface area (TPSA) is 80.9 Å². The molecular weight excluding hydrogens is 412 g/mol. The average Bonchev–Trinajstić information content (AvgIpc) is 3.32. The van der Waals surface area contributed by atoms with Crippen LogP contribution in [0.5, 0.6) is 0 Å². The SMILES string of the molecule is Nc1cc(C(I)(CCC2CC2)n2ccc(=O)[nH]c2=O)ccc1F. The maximum Gasteiger partial charge on any atom is 0.329 e. The predicted octanol–water partition coefficient (Wildman–Crippen LogP) is 2.58. The van der Waals surface area contributed by atoms with Gasteiger partial charge in [-0.1, -0.05) is 18.9 Å². The van der Waals surface area contributed by atoms with Gasteiger partial charge in [0.05, 0.1) is 5.69 Å². The summed E-state index contributed by atoms with van der Waals surface area (Å²) in [7, 11) is 0. The van der Waals surface area contributed by atoms with E-state index in [9.17, 15) is 14.0 Å². The van der Waals surface area contributed by atoms with Crippen molar-refractivity contribution < 1.29 is 4.39 Å². The molecule has 1 aromatic carbocycles. The van der Waals surface area contributed by atoms with Crippen LogP contribution in [-0.4, -0.2) is 9.55 Å². The van der Waals surface area contributed by atoms with Gasteiger partial charge in [0.15, 0.2) is 0 Å². The van der Waals surface area contributed by atoms with Crippen molar-refractivity contribution in [1.29, 1.82) is 0 Å². The summed E-state index contributed by atoms with van der Waals surface area (Å²) < 4.78 is 14.3. The first-order chi connectivity index (χ1) is 10.9. The van der Waals surface area contributed by atoms with Crippen molar-refractivity contribution in [2.24, 2.45) is 5.92 Å². The molecule has 3 N–H and O–H groups in total. The summed E-state index contributed by atoms with van der Waals surface area (Å²) in [5.74, 6) is 0.198. The summed E-state index contributed by atoms with van der Waals surface area (Å²) in [6, 6.07) is 5.83. The number of nitrogens with one attached hydrogen (secondary N) is 1. The van der Waals surface area contributed by atoms with Crippen LogP contribution in [-0.2, 0) is 3.55 Å². The predicted molar refractivity (Wildman–Crippen MR) is 95.2 cm³/mol. The van der Waals surface area contributed by atoms with Crippen LogP contribution < -0.4 is 17.0 Å². The van der Waals surface area contributed by atoms with E-state index in [1.54, 1.807) is 12.1 Å². The van der Waals surface area contributed by atoms with E-state index < -0.39 is 20.6 Å². The van der Waals surface area contributed by atoms with Gasteiger partial charge in [-0.25, -0.2) is 9.18 Å². The van der Waals surface area contributed by atoms with E-state index in [4.69, 9.17) is 5.73 Å². The van der Waals surface area contributed by atoms with Crippen molar-refractivity contribution in [3.63, 3.8) is 0 Å². The van der Waals surface area contributed by atoms with Gasteiger partial charge in [0.2, 0.25) is 0 Å². The summed E-state index contributed by atoms with van der Waals surface area (Å²) in [5.41, 5.74) is 5.57. The van der Waals surface area contributed by atoms with Crippen molar-refractivity contribution >= 4 is 28.3 Å². The molecular formula is C16H17FIN3O2. The minimum absolute atomic E-state index is 0.0486. The zero-order valence-electron chi connectivity index (χ0n) is 12.4. The van der Waals surface area contributed by atoms with Crippen LogP contribution in [0.2, 0.25) is 0 Å². The van der Waals surface area contributed by atoms with Crippen LogP contribution in [0.1, 0.15) is 31.2 Å². The molecule has 1 aromatic heterocycles. The van der Waals surface area contributed by atoms with E-state index in [1.165, 1.54) is 35.7 Å². The minimum atomic E-state index is -0.719.